The second-order valence-electron chi connectivity index (χ2n) is 5.95. The average Bonchev–Trinajstić information content (AvgIpc) is 3.03. The molecule has 2 aromatic heterocycles. The fourth-order valence-corrected chi connectivity index (χ4v) is 2.66. The lowest BCUT2D eigenvalue weighted by Crippen LogP contribution is -2.23. The predicted octanol–water partition coefficient (Wildman–Crippen LogP) is 3.51. The summed E-state index contributed by atoms with van der Waals surface area (Å²) in [5, 5.41) is 10.6. The Morgan fingerprint density at radius 3 is 2.96 bits per heavy atom. The van der Waals surface area contributed by atoms with Crippen molar-refractivity contribution in [3.05, 3.63) is 28.5 Å². The van der Waals surface area contributed by atoms with Crippen molar-refractivity contribution in [1.29, 1.82) is 0 Å². The zero-order valence-corrected chi connectivity index (χ0v) is 14.0. The van der Waals surface area contributed by atoms with Crippen molar-refractivity contribution in [3.8, 4) is 5.88 Å². The zero-order valence-electron chi connectivity index (χ0n) is 13.2. The molecule has 1 aliphatic heterocycles. The van der Waals surface area contributed by atoms with Gasteiger partial charge in [-0.2, -0.15) is 4.98 Å². The molecule has 0 bridgehead atoms. The molecule has 0 atom stereocenters. The van der Waals surface area contributed by atoms with Gasteiger partial charge in [-0.25, -0.2) is 9.98 Å². The summed E-state index contributed by atoms with van der Waals surface area (Å²) in [7, 11) is 1.94. The Bertz CT molecular complexity index is 794. The molecular weight excluding hydrogens is 314 g/mol. The normalized spacial score (nSPS) is 14.7. The number of imidazole rings is 1. The van der Waals surface area contributed by atoms with Crippen molar-refractivity contribution < 1.29 is 5.11 Å². The number of H-pyrrole nitrogens is 1. The summed E-state index contributed by atoms with van der Waals surface area (Å²) in [5.74, 6) is 1.70. The molecular formula is C16H18ClN5O. The largest absolute Gasteiger partial charge is 0.492 e. The Morgan fingerprint density at radius 2 is 2.22 bits per heavy atom. The monoisotopic (exact) mass is 331 g/mol. The maximum Gasteiger partial charge on any atom is 0.238 e. The van der Waals surface area contributed by atoms with Crippen LogP contribution < -0.4 is 4.90 Å². The number of nitrogens with zero attached hydrogens (tertiary/aromatic N) is 4. The fraction of sp³-hybridized carbons (Fsp3) is 0.312. The smallest absolute Gasteiger partial charge is 0.238 e. The number of pyridine rings is 1. The van der Waals surface area contributed by atoms with Crippen LogP contribution in [0.2, 0.25) is 5.02 Å². The van der Waals surface area contributed by atoms with Crippen LogP contribution in [0.15, 0.2) is 17.3 Å². The van der Waals surface area contributed by atoms with Crippen molar-refractivity contribution in [2.24, 2.45) is 10.9 Å². The number of halogens is 1. The van der Waals surface area contributed by atoms with Crippen LogP contribution in [0.25, 0.3) is 11.6 Å². The van der Waals surface area contributed by atoms with Crippen LogP contribution in [0.5, 0.6) is 5.88 Å². The topological polar surface area (TPSA) is 77.4 Å². The molecule has 2 N–H and O–H groups in total. The van der Waals surface area contributed by atoms with Gasteiger partial charge in [-0.1, -0.05) is 25.4 Å². The molecule has 0 spiro atoms. The molecule has 0 saturated heterocycles. The van der Waals surface area contributed by atoms with E-state index >= 15 is 0 Å². The summed E-state index contributed by atoms with van der Waals surface area (Å²) in [6.45, 7) is 5.10. The highest BCUT2D eigenvalue weighted by atomic mass is 35.5. The first-order chi connectivity index (χ1) is 10.9. The van der Waals surface area contributed by atoms with E-state index in [9.17, 15) is 5.11 Å². The van der Waals surface area contributed by atoms with Crippen LogP contribution in [0, 0.1) is 5.92 Å². The quantitative estimate of drug-likeness (QED) is 0.898. The molecule has 0 amide bonds. The van der Waals surface area contributed by atoms with Gasteiger partial charge in [0.05, 0.1) is 5.02 Å². The van der Waals surface area contributed by atoms with Crippen LogP contribution in [0.1, 0.15) is 25.1 Å². The average molecular weight is 332 g/mol. The first kappa shape index (κ1) is 15.6. The third kappa shape index (κ3) is 3.22. The standard InChI is InChI=1S/C16H18ClN5O/c1-9(2)8-22(3)16-20-13(15(23)21-16)4-10-6-18-14-12(10)5-11(17)7-19-14/h4-7,9,23H,8H2,1-3H3,(H,20,21). The third-order valence-electron chi connectivity index (χ3n) is 3.47. The molecule has 0 radical (unpaired) electrons. The van der Waals surface area contributed by atoms with Crippen molar-refractivity contribution in [2.75, 3.05) is 18.5 Å². The number of nitrogens with one attached hydrogen (secondary N) is 1. The Kier molecular flexibility index (Phi) is 4.09. The lowest BCUT2D eigenvalue weighted by molar-refractivity contribution is 0.455. The van der Waals surface area contributed by atoms with Gasteiger partial charge in [0.2, 0.25) is 11.8 Å². The first-order valence-electron chi connectivity index (χ1n) is 7.36. The number of hydrogen-bond donors (Lipinski definition) is 2. The van der Waals surface area contributed by atoms with E-state index in [1.165, 1.54) is 0 Å². The number of fused-ring (bicyclic) bond motifs is 1. The van der Waals surface area contributed by atoms with Gasteiger partial charge in [-0.3, -0.25) is 0 Å². The number of aliphatic imine (C=N–C) groups is 1. The first-order valence-corrected chi connectivity index (χ1v) is 7.73. The maximum absolute atomic E-state index is 10.1. The molecule has 0 aliphatic carbocycles. The molecule has 7 heteroatoms. The number of allylic oxidation sites excluding steroid dienone is 1. The van der Waals surface area contributed by atoms with Gasteiger partial charge in [0, 0.05) is 37.1 Å². The molecule has 1 aliphatic rings. The highest BCUT2D eigenvalue weighted by Gasteiger charge is 2.17. The number of rotatable bonds is 4. The molecule has 3 rings (SSSR count). The van der Waals surface area contributed by atoms with Gasteiger partial charge in [0.15, 0.2) is 5.82 Å². The highest BCUT2D eigenvalue weighted by molar-refractivity contribution is 6.31. The molecule has 2 aromatic rings. The van der Waals surface area contributed by atoms with Crippen LogP contribution in [0.3, 0.4) is 0 Å². The predicted molar refractivity (Wildman–Crippen MR) is 93.6 cm³/mol. The number of aromatic nitrogens is 3. The molecule has 23 heavy (non-hydrogen) atoms. The Labute approximate surface area is 139 Å². The highest BCUT2D eigenvalue weighted by Crippen LogP contribution is 2.33. The molecule has 3 heterocycles. The lowest BCUT2D eigenvalue weighted by atomic mass is 10.1. The molecule has 0 aromatic carbocycles. The van der Waals surface area contributed by atoms with Crippen LogP contribution in [0.4, 0.5) is 11.8 Å². The van der Waals surface area contributed by atoms with Gasteiger partial charge < -0.3 is 15.0 Å². The minimum Gasteiger partial charge on any atom is -0.492 e. The lowest BCUT2D eigenvalue weighted by Gasteiger charge is -2.17. The van der Waals surface area contributed by atoms with Gasteiger partial charge in [-0.05, 0) is 18.1 Å². The summed E-state index contributed by atoms with van der Waals surface area (Å²) < 4.78 is 0. The second kappa shape index (κ2) is 6.04. The second-order valence-corrected chi connectivity index (χ2v) is 6.39. The van der Waals surface area contributed by atoms with Crippen LogP contribution in [-0.2, 0) is 0 Å². The number of aromatic amines is 1. The number of anilines is 1. The van der Waals surface area contributed by atoms with E-state index in [2.05, 4.69) is 33.8 Å². The fourth-order valence-electron chi connectivity index (χ4n) is 2.50. The number of aromatic hydroxyl groups is 1. The minimum atomic E-state index is -0.0417. The summed E-state index contributed by atoms with van der Waals surface area (Å²) >= 11 is 6.00. The Balaban J connectivity index is 1.92. The van der Waals surface area contributed by atoms with Gasteiger partial charge >= 0.3 is 0 Å². The van der Waals surface area contributed by atoms with E-state index in [1.807, 2.05) is 18.0 Å². The molecule has 6 nitrogen and oxygen atoms in total. The van der Waals surface area contributed by atoms with E-state index in [0.29, 0.717) is 28.4 Å². The maximum atomic E-state index is 10.1. The van der Waals surface area contributed by atoms with Crippen molar-refractivity contribution in [1.82, 2.24) is 15.0 Å². The Morgan fingerprint density at radius 1 is 1.43 bits per heavy atom. The minimum absolute atomic E-state index is 0.0417. The van der Waals surface area contributed by atoms with Gasteiger partial charge in [0.1, 0.15) is 5.69 Å². The Hall–Kier alpha value is -2.34. The summed E-state index contributed by atoms with van der Waals surface area (Å²) in [6, 6.07) is 1.81. The SMILES string of the molecule is CC(C)CN(C)c1nc(O)c(C=C2C=Nc3ncc(Cl)cc32)[nH]1. The van der Waals surface area contributed by atoms with Crippen molar-refractivity contribution in [3.63, 3.8) is 0 Å². The summed E-state index contributed by atoms with van der Waals surface area (Å²) in [5.41, 5.74) is 2.19. The summed E-state index contributed by atoms with van der Waals surface area (Å²) in [6.07, 6.45) is 5.06. The van der Waals surface area contributed by atoms with Crippen molar-refractivity contribution >= 4 is 41.2 Å². The third-order valence-corrected chi connectivity index (χ3v) is 3.68. The van der Waals surface area contributed by atoms with E-state index in [0.717, 1.165) is 17.7 Å². The summed E-state index contributed by atoms with van der Waals surface area (Å²) in [4.78, 5) is 17.7. The van der Waals surface area contributed by atoms with E-state index in [-0.39, 0.29) is 5.88 Å². The zero-order chi connectivity index (χ0) is 16.6. The molecule has 0 unspecified atom stereocenters. The van der Waals surface area contributed by atoms with Gasteiger partial charge in [0.25, 0.3) is 0 Å². The molecule has 0 fully saturated rings. The van der Waals surface area contributed by atoms with Crippen molar-refractivity contribution in [2.45, 2.75) is 13.8 Å². The molecule has 0 saturated carbocycles. The van der Waals surface area contributed by atoms with E-state index in [4.69, 9.17) is 11.6 Å². The number of hydrogen-bond acceptors (Lipinski definition) is 5. The van der Waals surface area contributed by atoms with E-state index < -0.39 is 0 Å². The van der Waals surface area contributed by atoms with Crippen LogP contribution >= 0.6 is 11.6 Å². The molecule has 120 valence electrons. The van der Waals surface area contributed by atoms with Crippen LogP contribution in [-0.4, -0.2) is 39.9 Å². The van der Waals surface area contributed by atoms with Gasteiger partial charge in [-0.15, -0.1) is 0 Å². The van der Waals surface area contributed by atoms with E-state index in [1.54, 1.807) is 18.5 Å².